The molecule has 1 aromatic rings. The summed E-state index contributed by atoms with van der Waals surface area (Å²) in [6, 6.07) is 4.61. The molecule has 1 aliphatic heterocycles. The largest absolute Gasteiger partial charge is 0.446 e. The summed E-state index contributed by atoms with van der Waals surface area (Å²) in [6.45, 7) is 3.26. The first-order valence-corrected chi connectivity index (χ1v) is 8.54. The standard InChI is InChI=1S/C12H15F3N2O2S2/c1-9-8-16-6-7-17(9)21(18,19)11-4-2-10(3-5-11)20-12(13,14)15/h2-5,9,16H,6-8H2,1H3. The fourth-order valence-corrected chi connectivity index (χ4v) is 4.30. The van der Waals surface area contributed by atoms with Crippen LogP contribution < -0.4 is 5.32 Å². The lowest BCUT2D eigenvalue weighted by Gasteiger charge is -2.32. The maximum Gasteiger partial charge on any atom is 0.446 e. The lowest BCUT2D eigenvalue weighted by Crippen LogP contribution is -2.52. The van der Waals surface area contributed by atoms with Gasteiger partial charge in [-0.15, -0.1) is 0 Å². The number of benzene rings is 1. The number of alkyl halides is 3. The minimum absolute atomic E-state index is 0.0165. The third kappa shape index (κ3) is 4.12. The fourth-order valence-electron chi connectivity index (χ4n) is 2.13. The summed E-state index contributed by atoms with van der Waals surface area (Å²) in [5.41, 5.74) is -4.38. The first kappa shape index (κ1) is 16.6. The minimum Gasteiger partial charge on any atom is -0.314 e. The molecule has 1 fully saturated rings. The number of nitrogens with zero attached hydrogens (tertiary/aromatic N) is 1. The predicted molar refractivity (Wildman–Crippen MR) is 74.6 cm³/mol. The van der Waals surface area contributed by atoms with E-state index >= 15 is 0 Å². The van der Waals surface area contributed by atoms with Gasteiger partial charge in [0.15, 0.2) is 0 Å². The molecular weight excluding hydrogens is 325 g/mol. The number of piperazine rings is 1. The lowest BCUT2D eigenvalue weighted by atomic mass is 10.3. The van der Waals surface area contributed by atoms with Gasteiger partial charge in [0.25, 0.3) is 0 Å². The van der Waals surface area contributed by atoms with Crippen LogP contribution >= 0.6 is 11.8 Å². The number of hydrogen-bond acceptors (Lipinski definition) is 4. The normalized spacial score (nSPS) is 21.4. The van der Waals surface area contributed by atoms with E-state index in [1.807, 2.05) is 0 Å². The molecule has 0 radical (unpaired) electrons. The summed E-state index contributed by atoms with van der Waals surface area (Å²) < 4.78 is 63.0. The fraction of sp³-hybridized carbons (Fsp3) is 0.500. The Labute approximate surface area is 125 Å². The molecule has 1 atom stereocenters. The molecule has 1 unspecified atom stereocenters. The number of sulfonamides is 1. The van der Waals surface area contributed by atoms with Gasteiger partial charge in [0, 0.05) is 30.6 Å². The molecule has 118 valence electrons. The Balaban J connectivity index is 2.21. The Morgan fingerprint density at radius 1 is 1.29 bits per heavy atom. The van der Waals surface area contributed by atoms with Crippen LogP contribution in [0.1, 0.15) is 6.92 Å². The zero-order chi connectivity index (χ0) is 15.7. The second kappa shape index (κ2) is 6.15. The molecule has 9 heteroatoms. The number of hydrogen-bond donors (Lipinski definition) is 1. The van der Waals surface area contributed by atoms with Crippen molar-refractivity contribution >= 4 is 21.8 Å². The summed E-state index contributed by atoms with van der Waals surface area (Å²) >= 11 is -0.262. The monoisotopic (exact) mass is 340 g/mol. The Morgan fingerprint density at radius 2 is 1.90 bits per heavy atom. The summed E-state index contributed by atoms with van der Waals surface area (Å²) in [4.78, 5) is -0.0161. The molecule has 0 aliphatic carbocycles. The van der Waals surface area contributed by atoms with Gasteiger partial charge in [0.1, 0.15) is 0 Å². The molecule has 1 saturated heterocycles. The van der Waals surface area contributed by atoms with Gasteiger partial charge in [-0.3, -0.25) is 0 Å². The highest BCUT2D eigenvalue weighted by atomic mass is 32.2. The van der Waals surface area contributed by atoms with Crippen molar-refractivity contribution in [2.24, 2.45) is 0 Å². The van der Waals surface area contributed by atoms with E-state index in [4.69, 9.17) is 0 Å². The predicted octanol–water partition coefficient (Wildman–Crippen LogP) is 2.28. The van der Waals surface area contributed by atoms with Crippen LogP contribution in [0.5, 0.6) is 0 Å². The molecule has 2 rings (SSSR count). The lowest BCUT2D eigenvalue weighted by molar-refractivity contribution is -0.0328. The van der Waals surface area contributed by atoms with E-state index in [9.17, 15) is 21.6 Å². The van der Waals surface area contributed by atoms with Crippen LogP contribution in [-0.4, -0.2) is 43.9 Å². The van der Waals surface area contributed by atoms with Crippen LogP contribution in [0, 0.1) is 0 Å². The number of halogens is 3. The molecule has 0 amide bonds. The second-order valence-corrected chi connectivity index (χ2v) is 7.72. The Kier molecular flexibility index (Phi) is 4.86. The third-order valence-corrected chi connectivity index (χ3v) is 5.87. The highest BCUT2D eigenvalue weighted by Gasteiger charge is 2.32. The average Bonchev–Trinajstić information content (AvgIpc) is 2.37. The minimum atomic E-state index is -4.38. The van der Waals surface area contributed by atoms with Gasteiger partial charge in [-0.2, -0.15) is 17.5 Å². The van der Waals surface area contributed by atoms with Gasteiger partial charge in [-0.05, 0) is 43.0 Å². The van der Waals surface area contributed by atoms with E-state index in [1.165, 1.54) is 28.6 Å². The van der Waals surface area contributed by atoms with Crippen molar-refractivity contribution in [2.75, 3.05) is 19.6 Å². The quantitative estimate of drug-likeness (QED) is 0.858. The molecule has 1 aliphatic rings. The molecule has 0 spiro atoms. The van der Waals surface area contributed by atoms with Crippen molar-refractivity contribution in [3.63, 3.8) is 0 Å². The van der Waals surface area contributed by atoms with Gasteiger partial charge in [-0.25, -0.2) is 8.42 Å². The number of rotatable bonds is 3. The Bertz CT molecular complexity index is 588. The van der Waals surface area contributed by atoms with Crippen LogP contribution in [0.2, 0.25) is 0 Å². The van der Waals surface area contributed by atoms with Gasteiger partial charge >= 0.3 is 5.51 Å². The smallest absolute Gasteiger partial charge is 0.314 e. The zero-order valence-electron chi connectivity index (χ0n) is 11.2. The highest BCUT2D eigenvalue weighted by Crippen LogP contribution is 2.37. The third-order valence-electron chi connectivity index (χ3n) is 3.10. The number of nitrogens with one attached hydrogen (secondary N) is 1. The Morgan fingerprint density at radius 3 is 2.43 bits per heavy atom. The second-order valence-electron chi connectivity index (χ2n) is 4.69. The average molecular weight is 340 g/mol. The van der Waals surface area contributed by atoms with Crippen LogP contribution in [-0.2, 0) is 10.0 Å². The first-order valence-electron chi connectivity index (χ1n) is 6.28. The van der Waals surface area contributed by atoms with Gasteiger partial charge in [0.2, 0.25) is 10.0 Å². The van der Waals surface area contributed by atoms with Crippen molar-refractivity contribution in [2.45, 2.75) is 28.3 Å². The van der Waals surface area contributed by atoms with E-state index in [-0.39, 0.29) is 27.6 Å². The summed E-state index contributed by atoms with van der Waals surface area (Å²) in [6.07, 6.45) is 0. The highest BCUT2D eigenvalue weighted by molar-refractivity contribution is 8.00. The van der Waals surface area contributed by atoms with Crippen molar-refractivity contribution in [3.8, 4) is 0 Å². The van der Waals surface area contributed by atoms with Crippen molar-refractivity contribution < 1.29 is 21.6 Å². The molecular formula is C12H15F3N2O2S2. The summed E-state index contributed by atoms with van der Waals surface area (Å²) in [5, 5.41) is 3.09. The van der Waals surface area contributed by atoms with Crippen molar-refractivity contribution in [3.05, 3.63) is 24.3 Å². The van der Waals surface area contributed by atoms with Crippen molar-refractivity contribution in [1.82, 2.24) is 9.62 Å². The maximum atomic E-state index is 12.5. The van der Waals surface area contributed by atoms with Crippen LogP contribution in [0.15, 0.2) is 34.1 Å². The molecule has 0 aromatic heterocycles. The molecule has 0 bridgehead atoms. The van der Waals surface area contributed by atoms with E-state index in [1.54, 1.807) is 6.92 Å². The summed E-state index contributed by atoms with van der Waals surface area (Å²) in [5.74, 6) is 0. The van der Waals surface area contributed by atoms with E-state index in [0.717, 1.165) is 0 Å². The molecule has 1 heterocycles. The number of thioether (sulfide) groups is 1. The molecule has 0 saturated carbocycles. The Hall–Kier alpha value is -0.770. The van der Waals surface area contributed by atoms with Crippen LogP contribution in [0.4, 0.5) is 13.2 Å². The van der Waals surface area contributed by atoms with Gasteiger partial charge in [-0.1, -0.05) is 0 Å². The topological polar surface area (TPSA) is 49.4 Å². The molecule has 4 nitrogen and oxygen atoms in total. The zero-order valence-corrected chi connectivity index (χ0v) is 12.9. The van der Waals surface area contributed by atoms with Crippen LogP contribution in [0.25, 0.3) is 0 Å². The molecule has 1 aromatic carbocycles. The molecule has 1 N–H and O–H groups in total. The van der Waals surface area contributed by atoms with Crippen molar-refractivity contribution in [1.29, 1.82) is 0 Å². The SMILES string of the molecule is CC1CNCCN1S(=O)(=O)c1ccc(SC(F)(F)F)cc1. The van der Waals surface area contributed by atoms with E-state index < -0.39 is 15.5 Å². The summed E-state index contributed by atoms with van der Waals surface area (Å²) in [7, 11) is -3.67. The molecule has 21 heavy (non-hydrogen) atoms. The first-order chi connectivity index (χ1) is 9.70. The van der Waals surface area contributed by atoms with E-state index in [2.05, 4.69) is 5.32 Å². The van der Waals surface area contributed by atoms with E-state index in [0.29, 0.717) is 19.6 Å². The van der Waals surface area contributed by atoms with Gasteiger partial charge in [0.05, 0.1) is 4.90 Å². The maximum absolute atomic E-state index is 12.5. The van der Waals surface area contributed by atoms with Crippen LogP contribution in [0.3, 0.4) is 0 Å². The van der Waals surface area contributed by atoms with Gasteiger partial charge < -0.3 is 5.32 Å².